The summed E-state index contributed by atoms with van der Waals surface area (Å²) in [5.41, 5.74) is 7.21. The standard InChI is InChI=1S/C55H88N6O15/c1-42(36-47(63)22-21-45-38-57-41-61-45)14-11-12-26-58-52(66)40-75-35-33-73-31-28-60-53(67)50(56)17-10-7-9-16-48(64)39-74-34-32-72-30-27-59-51(65)25-20-44(55(70)71)37-46(62)15-8-5-3-2-4-6-13-29-76-49-23-18-43(19-24-49)54(68)69/h18-19,23-24,38,41-42,44,50H,2-17,20-22,25-37,39-40,56H2,1H3,(H,57,61)(H,58,66)(H,59,65)(H,60,67)(H,68,69)(H,70,71)/t42?,44-,50+/m1/s1. The highest BCUT2D eigenvalue weighted by Crippen LogP contribution is 2.18. The minimum Gasteiger partial charge on any atom is -0.494 e. The first-order valence-electron chi connectivity index (χ1n) is 27.3. The highest BCUT2D eigenvalue weighted by atomic mass is 16.5. The molecule has 0 spiro atoms. The van der Waals surface area contributed by atoms with Crippen LogP contribution in [0.1, 0.15) is 158 Å². The molecule has 21 nitrogen and oxygen atoms in total. The number of amides is 3. The van der Waals surface area contributed by atoms with Crippen molar-refractivity contribution in [1.29, 1.82) is 0 Å². The van der Waals surface area contributed by atoms with Gasteiger partial charge in [0.05, 0.1) is 70.1 Å². The van der Waals surface area contributed by atoms with Crippen molar-refractivity contribution in [1.82, 2.24) is 25.9 Å². The van der Waals surface area contributed by atoms with Crippen LogP contribution in [-0.4, -0.2) is 152 Å². The van der Waals surface area contributed by atoms with Crippen molar-refractivity contribution >= 4 is 47.0 Å². The molecule has 1 unspecified atom stereocenters. The number of carbonyl (C=O) groups excluding carboxylic acids is 6. The maximum Gasteiger partial charge on any atom is 0.335 e. The Morgan fingerprint density at radius 1 is 0.579 bits per heavy atom. The molecule has 0 saturated heterocycles. The molecule has 8 N–H and O–H groups in total. The van der Waals surface area contributed by atoms with Gasteiger partial charge in [-0.1, -0.05) is 64.7 Å². The third-order valence-electron chi connectivity index (χ3n) is 12.4. The Labute approximate surface area is 448 Å². The molecule has 2 rings (SSSR count). The number of hydrogen-bond acceptors (Lipinski definition) is 15. The molecule has 1 aromatic heterocycles. The van der Waals surface area contributed by atoms with Gasteiger partial charge in [0.25, 0.3) is 0 Å². The lowest BCUT2D eigenvalue weighted by Gasteiger charge is -2.12. The number of aromatic nitrogens is 2. The van der Waals surface area contributed by atoms with Gasteiger partial charge in [-0.15, -0.1) is 0 Å². The third kappa shape index (κ3) is 36.4. The van der Waals surface area contributed by atoms with Crippen LogP contribution in [0.3, 0.4) is 0 Å². The first-order chi connectivity index (χ1) is 36.7. The Hall–Kier alpha value is -5.61. The number of nitrogens with two attached hydrogens (primary N) is 1. The van der Waals surface area contributed by atoms with E-state index >= 15 is 0 Å². The maximum absolute atomic E-state index is 12.5. The van der Waals surface area contributed by atoms with E-state index in [2.05, 4.69) is 32.8 Å². The molecule has 0 aliphatic rings. The number of aromatic carboxylic acids is 1. The van der Waals surface area contributed by atoms with Crippen LogP contribution in [0.15, 0.2) is 36.8 Å². The summed E-state index contributed by atoms with van der Waals surface area (Å²) in [5.74, 6) is -2.78. The minimum atomic E-state index is -1.10. The summed E-state index contributed by atoms with van der Waals surface area (Å²) in [4.78, 5) is 103. The van der Waals surface area contributed by atoms with E-state index in [1.54, 1.807) is 24.7 Å². The number of H-pyrrole nitrogens is 1. The maximum atomic E-state index is 12.5. The van der Waals surface area contributed by atoms with Gasteiger partial charge in [0.1, 0.15) is 30.5 Å². The van der Waals surface area contributed by atoms with Crippen LogP contribution in [0.5, 0.6) is 5.75 Å². The first-order valence-corrected chi connectivity index (χ1v) is 27.3. The quantitative estimate of drug-likeness (QED) is 0.0390. The summed E-state index contributed by atoms with van der Waals surface area (Å²) < 4.78 is 27.3. The summed E-state index contributed by atoms with van der Waals surface area (Å²) in [6.07, 6.45) is 17.4. The monoisotopic (exact) mass is 1070 g/mol. The number of unbranched alkanes of at least 4 members (excludes halogenated alkanes) is 9. The van der Waals surface area contributed by atoms with Gasteiger partial charge < -0.3 is 60.6 Å². The van der Waals surface area contributed by atoms with Gasteiger partial charge in [0, 0.05) is 70.0 Å². The summed E-state index contributed by atoms with van der Waals surface area (Å²) in [7, 11) is 0. The molecule has 428 valence electrons. The van der Waals surface area contributed by atoms with Gasteiger partial charge in [-0.05, 0) is 75.1 Å². The Morgan fingerprint density at radius 3 is 1.84 bits per heavy atom. The second-order valence-corrected chi connectivity index (χ2v) is 19.2. The molecule has 3 atom stereocenters. The number of ether oxygens (including phenoxy) is 5. The molecule has 3 amide bonds. The number of aliphatic carboxylic acids is 1. The second kappa shape index (κ2) is 43.5. The zero-order valence-corrected chi connectivity index (χ0v) is 45.0. The Balaban J connectivity index is 1.32. The van der Waals surface area contributed by atoms with Crippen LogP contribution in [0.2, 0.25) is 0 Å². The van der Waals surface area contributed by atoms with E-state index in [1.807, 2.05) is 0 Å². The number of rotatable bonds is 51. The topological polar surface area (TPSA) is 314 Å². The van der Waals surface area contributed by atoms with Crippen LogP contribution in [0, 0.1) is 11.8 Å². The number of benzene rings is 1. The fraction of sp³-hybridized carbons (Fsp3) is 0.691. The van der Waals surface area contributed by atoms with E-state index in [0.717, 1.165) is 69.9 Å². The molecule has 1 heterocycles. The molecule has 2 aromatic rings. The van der Waals surface area contributed by atoms with Crippen LogP contribution in [-0.2, 0) is 58.9 Å². The van der Waals surface area contributed by atoms with Gasteiger partial charge >= 0.3 is 11.9 Å². The zero-order chi connectivity index (χ0) is 55.4. The number of ketones is 3. The fourth-order valence-electron chi connectivity index (χ4n) is 7.96. The molecule has 0 saturated carbocycles. The predicted octanol–water partition coefficient (Wildman–Crippen LogP) is 5.71. The van der Waals surface area contributed by atoms with Crippen molar-refractivity contribution in [2.75, 3.05) is 79.1 Å². The number of aromatic amines is 1. The summed E-state index contributed by atoms with van der Waals surface area (Å²) in [6.45, 7) is 4.97. The third-order valence-corrected chi connectivity index (χ3v) is 12.4. The molecule has 0 aliphatic heterocycles. The number of nitrogens with one attached hydrogen (secondary N) is 4. The fourth-order valence-corrected chi connectivity index (χ4v) is 7.96. The van der Waals surface area contributed by atoms with E-state index in [0.29, 0.717) is 82.6 Å². The smallest absolute Gasteiger partial charge is 0.335 e. The summed E-state index contributed by atoms with van der Waals surface area (Å²) >= 11 is 0. The van der Waals surface area contributed by atoms with Crippen molar-refractivity contribution in [2.45, 2.75) is 154 Å². The van der Waals surface area contributed by atoms with E-state index in [1.165, 1.54) is 12.1 Å². The number of hydrogen-bond donors (Lipinski definition) is 7. The van der Waals surface area contributed by atoms with Crippen molar-refractivity contribution in [3.63, 3.8) is 0 Å². The number of imidazole rings is 1. The average molecular weight is 1070 g/mol. The minimum absolute atomic E-state index is 0.0232. The molecule has 0 fully saturated rings. The number of carboxylic acid groups (broad SMARTS) is 2. The van der Waals surface area contributed by atoms with Gasteiger partial charge in [0.2, 0.25) is 17.7 Å². The van der Waals surface area contributed by atoms with Gasteiger partial charge in [-0.25, -0.2) is 9.78 Å². The Bertz CT molecular complexity index is 1930. The number of nitrogens with zero attached hydrogens (tertiary/aromatic N) is 1. The van der Waals surface area contributed by atoms with Crippen molar-refractivity contribution in [3.05, 3.63) is 48.0 Å². The predicted molar refractivity (Wildman–Crippen MR) is 284 cm³/mol. The number of carbonyl (C=O) groups is 8. The highest BCUT2D eigenvalue weighted by molar-refractivity contribution is 5.87. The van der Waals surface area contributed by atoms with Crippen LogP contribution in [0.4, 0.5) is 0 Å². The van der Waals surface area contributed by atoms with Crippen molar-refractivity contribution in [2.24, 2.45) is 17.6 Å². The number of carboxylic acids is 2. The van der Waals surface area contributed by atoms with E-state index in [-0.39, 0.29) is 126 Å². The molecule has 21 heteroatoms. The molecule has 0 bridgehead atoms. The van der Waals surface area contributed by atoms with Gasteiger partial charge in [-0.2, -0.15) is 0 Å². The van der Waals surface area contributed by atoms with Gasteiger partial charge in [-0.3, -0.25) is 33.6 Å². The van der Waals surface area contributed by atoms with E-state index in [4.69, 9.17) is 34.5 Å². The van der Waals surface area contributed by atoms with Crippen molar-refractivity contribution in [3.8, 4) is 5.75 Å². The Kier molecular flexibility index (Phi) is 38.1. The zero-order valence-electron chi connectivity index (χ0n) is 45.0. The molecule has 76 heavy (non-hydrogen) atoms. The molecule has 0 radical (unpaired) electrons. The van der Waals surface area contributed by atoms with Crippen LogP contribution in [0.25, 0.3) is 0 Å². The van der Waals surface area contributed by atoms with E-state index in [9.17, 15) is 43.5 Å². The number of aryl methyl sites for hydroxylation is 1. The largest absolute Gasteiger partial charge is 0.494 e. The molecular weight excluding hydrogens is 985 g/mol. The second-order valence-electron chi connectivity index (χ2n) is 19.2. The summed E-state index contributed by atoms with van der Waals surface area (Å²) in [5, 5.41) is 26.9. The average Bonchev–Trinajstić information content (AvgIpc) is 3.92. The van der Waals surface area contributed by atoms with Gasteiger partial charge in [0.15, 0.2) is 5.78 Å². The van der Waals surface area contributed by atoms with Crippen molar-refractivity contribution < 1.29 is 72.3 Å². The lowest BCUT2D eigenvalue weighted by Crippen LogP contribution is -2.41. The number of Topliss-reactive ketones (excluding diaryl/α,β-unsaturated/α-hetero) is 3. The lowest BCUT2D eigenvalue weighted by molar-refractivity contribution is -0.144. The van der Waals surface area contributed by atoms with E-state index < -0.39 is 23.9 Å². The van der Waals surface area contributed by atoms with Crippen LogP contribution >= 0.6 is 0 Å². The highest BCUT2D eigenvalue weighted by Gasteiger charge is 2.22. The normalized spacial score (nSPS) is 12.3. The lowest BCUT2D eigenvalue weighted by atomic mass is 9.94. The molecular formula is C55H88N6O15. The van der Waals surface area contributed by atoms with Crippen LogP contribution < -0.4 is 26.4 Å². The SMILES string of the molecule is CC(CCCCNC(=O)COCCOCCNC(=O)[C@@H](N)CCCCCC(=O)COCCOCCNC(=O)CC[C@H](CC(=O)CCCCCCCCCOc1ccc(C(=O)O)cc1)C(=O)O)CC(=O)CCc1cnc[nH]1. The molecule has 0 aliphatic carbocycles. The molecule has 1 aromatic carbocycles. The summed E-state index contributed by atoms with van der Waals surface area (Å²) in [6, 6.07) is 5.64. The first kappa shape index (κ1) is 66.5. The Morgan fingerprint density at radius 2 is 1.17 bits per heavy atom.